The minimum Gasteiger partial charge on any atom is -0.469 e. The van der Waals surface area contributed by atoms with Gasteiger partial charge in [-0.2, -0.15) is 0 Å². The molecule has 1 saturated carbocycles. The van der Waals surface area contributed by atoms with E-state index in [2.05, 4.69) is 6.58 Å². The number of rotatable bonds is 5. The second kappa shape index (κ2) is 6.93. The highest BCUT2D eigenvalue weighted by Gasteiger charge is 2.78. The average Bonchev–Trinajstić information content (AvgIpc) is 3.15. The van der Waals surface area contributed by atoms with Gasteiger partial charge in [-0.3, -0.25) is 14.4 Å². The Kier molecular flexibility index (Phi) is 5.25. The molecular formula is C18H22O8. The molecule has 4 unspecified atom stereocenters. The minimum atomic E-state index is -1.72. The Labute approximate surface area is 151 Å². The van der Waals surface area contributed by atoms with Gasteiger partial charge in [0.2, 0.25) is 0 Å². The van der Waals surface area contributed by atoms with Gasteiger partial charge in [-0.1, -0.05) is 12.2 Å². The Morgan fingerprint density at radius 3 is 2.12 bits per heavy atom. The topological polar surface area (TPSA) is 105 Å². The molecule has 0 aromatic rings. The van der Waals surface area contributed by atoms with Crippen molar-refractivity contribution in [3.05, 3.63) is 24.3 Å². The van der Waals surface area contributed by atoms with E-state index < -0.39 is 46.5 Å². The zero-order valence-corrected chi connectivity index (χ0v) is 15.2. The number of fused-ring (bicyclic) bond motifs is 1. The quantitative estimate of drug-likeness (QED) is 0.400. The van der Waals surface area contributed by atoms with E-state index >= 15 is 0 Å². The van der Waals surface area contributed by atoms with Gasteiger partial charge in [0.25, 0.3) is 0 Å². The van der Waals surface area contributed by atoms with Crippen LogP contribution < -0.4 is 0 Å². The summed E-state index contributed by atoms with van der Waals surface area (Å²) in [5.74, 6) is -4.72. The fourth-order valence-corrected chi connectivity index (χ4v) is 4.58. The first-order valence-electron chi connectivity index (χ1n) is 7.98. The van der Waals surface area contributed by atoms with Crippen LogP contribution in [0.4, 0.5) is 0 Å². The fraction of sp³-hybridized carbons (Fsp3) is 0.556. The largest absolute Gasteiger partial charge is 0.469 e. The first kappa shape index (κ1) is 19.7. The molecule has 142 valence electrons. The van der Waals surface area contributed by atoms with Crippen molar-refractivity contribution in [2.75, 3.05) is 28.4 Å². The van der Waals surface area contributed by atoms with Gasteiger partial charge in [0.05, 0.1) is 39.9 Å². The smallest absolute Gasteiger partial charge is 0.334 e. The van der Waals surface area contributed by atoms with Crippen LogP contribution in [0.3, 0.4) is 0 Å². The summed E-state index contributed by atoms with van der Waals surface area (Å²) in [5, 5.41) is 0. The summed E-state index contributed by atoms with van der Waals surface area (Å²) in [5.41, 5.74) is -3.42. The molecule has 0 aliphatic heterocycles. The number of carbonyl (C=O) groups excluding carboxylic acids is 4. The van der Waals surface area contributed by atoms with Crippen LogP contribution in [0.25, 0.3) is 0 Å². The molecule has 4 atom stereocenters. The first-order chi connectivity index (χ1) is 12.3. The lowest BCUT2D eigenvalue weighted by Gasteiger charge is -2.39. The second-order valence-electron chi connectivity index (χ2n) is 6.28. The molecule has 0 aromatic heterocycles. The lowest BCUT2D eigenvalue weighted by atomic mass is 9.61. The summed E-state index contributed by atoms with van der Waals surface area (Å²) < 4.78 is 19.6. The van der Waals surface area contributed by atoms with Crippen LogP contribution in [0.15, 0.2) is 24.3 Å². The molecule has 0 aromatic carbocycles. The van der Waals surface area contributed by atoms with Crippen LogP contribution in [0.1, 0.15) is 12.8 Å². The average molecular weight is 366 g/mol. The molecule has 0 bridgehead atoms. The number of hydrogen-bond donors (Lipinski definition) is 0. The van der Waals surface area contributed by atoms with Crippen molar-refractivity contribution in [3.8, 4) is 0 Å². The highest BCUT2D eigenvalue weighted by molar-refractivity contribution is 6.06. The number of allylic oxidation sites excluding steroid dienone is 2. The van der Waals surface area contributed by atoms with Crippen LogP contribution in [0.5, 0.6) is 0 Å². The van der Waals surface area contributed by atoms with E-state index in [4.69, 9.17) is 18.9 Å². The molecule has 1 fully saturated rings. The third kappa shape index (κ3) is 2.21. The van der Waals surface area contributed by atoms with E-state index in [1.54, 1.807) is 0 Å². The van der Waals surface area contributed by atoms with Gasteiger partial charge in [0, 0.05) is 0 Å². The minimum absolute atomic E-state index is 0.0181. The number of ether oxygens (including phenoxy) is 4. The molecule has 0 heterocycles. The Morgan fingerprint density at radius 1 is 1.04 bits per heavy atom. The molecule has 8 heteroatoms. The molecule has 0 saturated heterocycles. The third-order valence-electron chi connectivity index (χ3n) is 5.60. The predicted molar refractivity (Wildman–Crippen MR) is 87.4 cm³/mol. The van der Waals surface area contributed by atoms with Crippen molar-refractivity contribution >= 4 is 23.9 Å². The van der Waals surface area contributed by atoms with Crippen LogP contribution in [0, 0.1) is 22.7 Å². The number of hydrogen-bond acceptors (Lipinski definition) is 8. The lowest BCUT2D eigenvalue weighted by molar-refractivity contribution is -0.179. The van der Waals surface area contributed by atoms with Crippen LogP contribution in [0.2, 0.25) is 0 Å². The van der Waals surface area contributed by atoms with Gasteiger partial charge in [-0.15, -0.1) is 6.58 Å². The maximum atomic E-state index is 12.9. The Morgan fingerprint density at radius 2 is 1.65 bits per heavy atom. The maximum absolute atomic E-state index is 12.9. The van der Waals surface area contributed by atoms with Gasteiger partial charge < -0.3 is 18.9 Å². The molecule has 0 amide bonds. The van der Waals surface area contributed by atoms with Crippen molar-refractivity contribution in [2.45, 2.75) is 12.8 Å². The van der Waals surface area contributed by atoms with Gasteiger partial charge in [-0.25, -0.2) is 4.79 Å². The van der Waals surface area contributed by atoms with E-state index in [9.17, 15) is 19.2 Å². The molecule has 0 N–H and O–H groups in total. The highest BCUT2D eigenvalue weighted by Crippen LogP contribution is 2.68. The molecule has 2 aliphatic carbocycles. The summed E-state index contributed by atoms with van der Waals surface area (Å²) in [6, 6.07) is 0. The second-order valence-corrected chi connectivity index (χ2v) is 6.28. The Bertz CT molecular complexity index is 693. The molecule has 8 nitrogen and oxygen atoms in total. The van der Waals surface area contributed by atoms with Crippen molar-refractivity contribution in [1.82, 2.24) is 0 Å². The summed E-state index contributed by atoms with van der Waals surface area (Å²) in [6.45, 7) is 3.71. The standard InChI is InChI=1S/C18H22O8/c1-6-10-9-18(16(22)26-5)11(13(19)23-2)7-8-17(18,15(21)25-4)12(10)14(20)24-3/h6-7,10,12H,1,8-9H2,2-5H3. The molecule has 26 heavy (non-hydrogen) atoms. The summed E-state index contributed by atoms with van der Waals surface area (Å²) in [6.07, 6.45) is 2.82. The molecule has 0 spiro atoms. The van der Waals surface area contributed by atoms with Gasteiger partial charge in [0.1, 0.15) is 10.8 Å². The van der Waals surface area contributed by atoms with E-state index in [1.807, 2.05) is 0 Å². The van der Waals surface area contributed by atoms with Crippen LogP contribution >= 0.6 is 0 Å². The van der Waals surface area contributed by atoms with E-state index in [0.29, 0.717) is 0 Å². The van der Waals surface area contributed by atoms with Crippen molar-refractivity contribution in [1.29, 1.82) is 0 Å². The Hall–Kier alpha value is -2.64. The number of esters is 4. The summed E-state index contributed by atoms with van der Waals surface area (Å²) >= 11 is 0. The molecular weight excluding hydrogens is 344 g/mol. The van der Waals surface area contributed by atoms with Gasteiger partial charge >= 0.3 is 23.9 Å². The van der Waals surface area contributed by atoms with E-state index in [0.717, 1.165) is 14.2 Å². The lowest BCUT2D eigenvalue weighted by Crippen LogP contribution is -2.54. The molecule has 2 aliphatic rings. The fourth-order valence-electron chi connectivity index (χ4n) is 4.58. The monoisotopic (exact) mass is 366 g/mol. The number of carbonyl (C=O) groups is 4. The van der Waals surface area contributed by atoms with Crippen molar-refractivity contribution in [3.63, 3.8) is 0 Å². The van der Waals surface area contributed by atoms with Crippen LogP contribution in [-0.2, 0) is 38.1 Å². The normalized spacial score (nSPS) is 32.1. The highest BCUT2D eigenvalue weighted by atomic mass is 16.5. The molecule has 0 radical (unpaired) electrons. The summed E-state index contributed by atoms with van der Waals surface area (Å²) in [7, 11) is 4.67. The van der Waals surface area contributed by atoms with Gasteiger partial charge in [-0.05, 0) is 18.8 Å². The zero-order chi connectivity index (χ0) is 19.7. The van der Waals surface area contributed by atoms with Gasteiger partial charge in [0.15, 0.2) is 0 Å². The third-order valence-corrected chi connectivity index (χ3v) is 5.60. The summed E-state index contributed by atoms with van der Waals surface area (Å²) in [4.78, 5) is 50.8. The number of methoxy groups -OCH3 is 4. The van der Waals surface area contributed by atoms with Crippen LogP contribution in [-0.4, -0.2) is 52.3 Å². The Balaban J connectivity index is 2.84. The van der Waals surface area contributed by atoms with E-state index in [-0.39, 0.29) is 18.4 Å². The maximum Gasteiger partial charge on any atom is 0.334 e. The van der Waals surface area contributed by atoms with E-state index in [1.165, 1.54) is 26.4 Å². The first-order valence-corrected chi connectivity index (χ1v) is 7.98. The zero-order valence-electron chi connectivity index (χ0n) is 15.2. The SMILES string of the molecule is C=CC1CC2(C(=O)OC)C(C(=O)OC)=CCC2(C(=O)OC)C1C(=O)OC. The van der Waals surface area contributed by atoms with Crippen molar-refractivity contribution < 1.29 is 38.1 Å². The van der Waals surface area contributed by atoms with Crippen molar-refractivity contribution in [2.24, 2.45) is 22.7 Å². The predicted octanol–water partition coefficient (Wildman–Crippen LogP) is 0.803. The molecule has 2 rings (SSSR count).